The number of ether oxygens (including phenoxy) is 1. The molecule has 1 heterocycles. The largest absolute Gasteiger partial charge is 0.829 e. The zero-order valence-corrected chi connectivity index (χ0v) is 4.54. The summed E-state index contributed by atoms with van der Waals surface area (Å²) in [6.07, 6.45) is -0.346. The highest BCUT2D eigenvalue weighted by Crippen LogP contribution is 2.12. The summed E-state index contributed by atoms with van der Waals surface area (Å²) in [4.78, 5) is 0. The van der Waals surface area contributed by atoms with Gasteiger partial charge < -0.3 is 14.9 Å². The first-order valence-corrected chi connectivity index (χ1v) is 2.76. The van der Waals surface area contributed by atoms with Crippen molar-refractivity contribution in [2.75, 3.05) is 6.61 Å². The summed E-state index contributed by atoms with van der Waals surface area (Å²) in [6.45, 7) is 0.629. The first kappa shape index (κ1) is 6.01. The van der Waals surface area contributed by atoms with E-state index >= 15 is 0 Å². The minimum absolute atomic E-state index is 0.435. The fraction of sp³-hybridized carbons (Fsp3) is 1.00. The van der Waals surface area contributed by atoms with Gasteiger partial charge in [0.15, 0.2) is 0 Å². The lowest BCUT2D eigenvalue weighted by molar-refractivity contribution is -0.499. The van der Waals surface area contributed by atoms with E-state index in [1.165, 1.54) is 0 Å². The maximum absolute atomic E-state index is 10.2. The second-order valence-corrected chi connectivity index (χ2v) is 1.94. The summed E-state index contributed by atoms with van der Waals surface area (Å²) in [5.41, 5.74) is 0. The summed E-state index contributed by atoms with van der Waals surface area (Å²) in [7, 11) is 0. The Morgan fingerprint density at radius 3 is 2.75 bits per heavy atom. The SMILES string of the molecule is [O-]C(O)C1CCCO1. The molecule has 3 heteroatoms. The molecule has 3 nitrogen and oxygen atoms in total. The van der Waals surface area contributed by atoms with Crippen LogP contribution in [0.2, 0.25) is 0 Å². The highest BCUT2D eigenvalue weighted by atomic mass is 16.6. The van der Waals surface area contributed by atoms with Crippen LogP contribution in [0.1, 0.15) is 12.8 Å². The average molecular weight is 117 g/mol. The normalized spacial score (nSPS) is 33.0. The van der Waals surface area contributed by atoms with E-state index in [9.17, 15) is 5.11 Å². The Balaban J connectivity index is 2.24. The second kappa shape index (κ2) is 2.44. The van der Waals surface area contributed by atoms with Gasteiger partial charge in [0.1, 0.15) is 0 Å². The molecular weight excluding hydrogens is 108 g/mol. The molecule has 0 spiro atoms. The highest BCUT2D eigenvalue weighted by molar-refractivity contribution is 4.64. The molecule has 1 aliphatic heterocycles. The third-order valence-electron chi connectivity index (χ3n) is 1.28. The van der Waals surface area contributed by atoms with E-state index in [1.807, 2.05) is 0 Å². The van der Waals surface area contributed by atoms with Crippen molar-refractivity contribution < 1.29 is 14.9 Å². The minimum Gasteiger partial charge on any atom is -0.829 e. The topological polar surface area (TPSA) is 52.5 Å². The van der Waals surface area contributed by atoms with Crippen LogP contribution in [-0.2, 0) is 4.74 Å². The molecule has 2 unspecified atom stereocenters. The van der Waals surface area contributed by atoms with Crippen LogP contribution in [0.25, 0.3) is 0 Å². The van der Waals surface area contributed by atoms with Crippen LogP contribution in [0.5, 0.6) is 0 Å². The van der Waals surface area contributed by atoms with Gasteiger partial charge in [0.2, 0.25) is 0 Å². The molecular formula is C5H9O3-. The maximum atomic E-state index is 10.2. The van der Waals surface area contributed by atoms with Crippen molar-refractivity contribution in [2.24, 2.45) is 0 Å². The van der Waals surface area contributed by atoms with Crippen LogP contribution < -0.4 is 5.11 Å². The van der Waals surface area contributed by atoms with E-state index in [0.29, 0.717) is 13.0 Å². The molecule has 1 saturated heterocycles. The summed E-state index contributed by atoms with van der Waals surface area (Å²) in [5, 5.41) is 18.5. The van der Waals surface area contributed by atoms with E-state index in [-0.39, 0.29) is 0 Å². The molecule has 1 aliphatic rings. The molecule has 0 radical (unpaired) electrons. The van der Waals surface area contributed by atoms with Crippen LogP contribution in [0.3, 0.4) is 0 Å². The summed E-state index contributed by atoms with van der Waals surface area (Å²) in [6, 6.07) is 0. The molecule has 0 aromatic heterocycles. The number of aliphatic hydroxyl groups excluding tert-OH is 1. The number of hydrogen-bond acceptors (Lipinski definition) is 3. The molecule has 0 aromatic rings. The zero-order valence-electron chi connectivity index (χ0n) is 4.54. The summed E-state index contributed by atoms with van der Waals surface area (Å²) >= 11 is 0. The molecule has 1 rings (SSSR count). The van der Waals surface area contributed by atoms with Crippen molar-refractivity contribution in [3.63, 3.8) is 0 Å². The Hall–Kier alpha value is -0.120. The predicted octanol–water partition coefficient (Wildman–Crippen LogP) is -1.16. The lowest BCUT2D eigenvalue weighted by atomic mass is 10.2. The quantitative estimate of drug-likeness (QED) is 0.441. The molecule has 0 aromatic carbocycles. The fourth-order valence-electron chi connectivity index (χ4n) is 0.827. The van der Waals surface area contributed by atoms with E-state index < -0.39 is 12.4 Å². The lowest BCUT2D eigenvalue weighted by Gasteiger charge is -2.20. The monoisotopic (exact) mass is 117 g/mol. The van der Waals surface area contributed by atoms with E-state index in [0.717, 1.165) is 6.42 Å². The molecule has 0 aliphatic carbocycles. The first-order chi connectivity index (χ1) is 3.80. The molecule has 0 amide bonds. The molecule has 1 fully saturated rings. The van der Waals surface area contributed by atoms with Gasteiger partial charge in [-0.2, -0.15) is 0 Å². The van der Waals surface area contributed by atoms with Crippen LogP contribution in [0, 0.1) is 0 Å². The first-order valence-electron chi connectivity index (χ1n) is 2.76. The lowest BCUT2D eigenvalue weighted by Crippen LogP contribution is -2.37. The second-order valence-electron chi connectivity index (χ2n) is 1.94. The molecule has 0 bridgehead atoms. The van der Waals surface area contributed by atoms with E-state index in [1.54, 1.807) is 0 Å². The van der Waals surface area contributed by atoms with Gasteiger partial charge in [-0.15, -0.1) is 0 Å². The van der Waals surface area contributed by atoms with E-state index in [2.05, 4.69) is 0 Å². The minimum atomic E-state index is -1.53. The van der Waals surface area contributed by atoms with Crippen molar-refractivity contribution in [1.29, 1.82) is 0 Å². The van der Waals surface area contributed by atoms with Gasteiger partial charge in [-0.3, -0.25) is 0 Å². The third-order valence-corrected chi connectivity index (χ3v) is 1.28. The van der Waals surface area contributed by atoms with Gasteiger partial charge in [-0.05, 0) is 12.8 Å². The number of hydrogen-bond donors (Lipinski definition) is 1. The Morgan fingerprint density at radius 1 is 1.75 bits per heavy atom. The Kier molecular flexibility index (Phi) is 1.83. The highest BCUT2D eigenvalue weighted by Gasteiger charge is 2.15. The van der Waals surface area contributed by atoms with Crippen LogP contribution >= 0.6 is 0 Å². The van der Waals surface area contributed by atoms with Crippen molar-refractivity contribution >= 4 is 0 Å². The molecule has 8 heavy (non-hydrogen) atoms. The van der Waals surface area contributed by atoms with Gasteiger partial charge in [0.25, 0.3) is 0 Å². The van der Waals surface area contributed by atoms with Crippen molar-refractivity contribution in [2.45, 2.75) is 25.2 Å². The van der Waals surface area contributed by atoms with Gasteiger partial charge in [-0.25, -0.2) is 0 Å². The third kappa shape index (κ3) is 1.18. The van der Waals surface area contributed by atoms with Crippen LogP contribution in [0.4, 0.5) is 0 Å². The Labute approximate surface area is 47.9 Å². The van der Waals surface area contributed by atoms with Crippen molar-refractivity contribution in [1.82, 2.24) is 0 Å². The smallest absolute Gasteiger partial charge is 0.0684 e. The predicted molar refractivity (Wildman–Crippen MR) is 25.0 cm³/mol. The number of aliphatic hydroxyl groups is 1. The van der Waals surface area contributed by atoms with Crippen LogP contribution in [0.15, 0.2) is 0 Å². The molecule has 0 saturated carbocycles. The standard InChI is InChI=1S/C5H9O3/c6-5(7)4-2-1-3-8-4/h4-6H,1-3H2/q-1. The molecule has 2 atom stereocenters. The summed E-state index contributed by atoms with van der Waals surface area (Å²) < 4.78 is 4.85. The van der Waals surface area contributed by atoms with Crippen molar-refractivity contribution in [3.05, 3.63) is 0 Å². The maximum Gasteiger partial charge on any atom is 0.0684 e. The van der Waals surface area contributed by atoms with Gasteiger partial charge in [0, 0.05) is 12.9 Å². The van der Waals surface area contributed by atoms with Crippen LogP contribution in [-0.4, -0.2) is 24.1 Å². The fourth-order valence-corrected chi connectivity index (χ4v) is 0.827. The number of rotatable bonds is 1. The Morgan fingerprint density at radius 2 is 2.50 bits per heavy atom. The van der Waals surface area contributed by atoms with E-state index in [4.69, 9.17) is 9.84 Å². The zero-order chi connectivity index (χ0) is 5.98. The van der Waals surface area contributed by atoms with Gasteiger partial charge in [0.05, 0.1) is 6.10 Å². The van der Waals surface area contributed by atoms with Gasteiger partial charge >= 0.3 is 0 Å². The molecule has 48 valence electrons. The summed E-state index contributed by atoms with van der Waals surface area (Å²) in [5.74, 6) is 0. The van der Waals surface area contributed by atoms with Gasteiger partial charge in [-0.1, -0.05) is 0 Å². The van der Waals surface area contributed by atoms with Crippen molar-refractivity contribution in [3.8, 4) is 0 Å². The average Bonchev–Trinajstić information content (AvgIpc) is 2.12. The Bertz CT molecular complexity index is 66.1. The molecule has 1 N–H and O–H groups in total.